The van der Waals surface area contributed by atoms with E-state index in [1.807, 2.05) is 20.8 Å². The molecule has 0 fully saturated rings. The van der Waals surface area contributed by atoms with E-state index in [1.54, 1.807) is 24.6 Å². The van der Waals surface area contributed by atoms with Crippen LogP contribution >= 0.6 is 0 Å². The molecule has 0 radical (unpaired) electrons. The molecule has 0 aliphatic carbocycles. The first-order valence-electron chi connectivity index (χ1n) is 5.34. The highest BCUT2D eigenvalue weighted by Gasteiger charge is 2.20. The number of hydrogen-bond acceptors (Lipinski definition) is 4. The summed E-state index contributed by atoms with van der Waals surface area (Å²) in [6, 6.07) is 5.64. The summed E-state index contributed by atoms with van der Waals surface area (Å²) >= 11 is 0. The highest BCUT2D eigenvalue weighted by Crippen LogP contribution is 2.25. The van der Waals surface area contributed by atoms with Crippen LogP contribution in [0.5, 0.6) is 0 Å². The molecule has 0 aromatic carbocycles. The molecule has 0 bridgehead atoms. The van der Waals surface area contributed by atoms with Gasteiger partial charge in [0.25, 0.3) is 0 Å². The fourth-order valence-corrected chi connectivity index (χ4v) is 1.43. The molecule has 4 heteroatoms. The Kier molecular flexibility index (Phi) is 2.68. The summed E-state index contributed by atoms with van der Waals surface area (Å²) < 4.78 is 5.29. The Morgan fingerprint density at radius 1 is 1.35 bits per heavy atom. The van der Waals surface area contributed by atoms with Gasteiger partial charge < -0.3 is 4.42 Å². The molecule has 2 rings (SSSR count). The van der Waals surface area contributed by atoms with E-state index in [4.69, 9.17) is 9.68 Å². The number of rotatable bonds is 1. The molecular weight excluding hydrogens is 214 g/mol. The molecule has 0 atom stereocenters. The van der Waals surface area contributed by atoms with Crippen molar-refractivity contribution in [2.45, 2.75) is 26.2 Å². The van der Waals surface area contributed by atoms with Crippen LogP contribution in [0.1, 0.15) is 32.2 Å². The van der Waals surface area contributed by atoms with Gasteiger partial charge >= 0.3 is 0 Å². The molecular formula is C13H13N3O. The molecule has 86 valence electrons. The minimum atomic E-state index is -0.157. The molecule has 4 nitrogen and oxygen atoms in total. The zero-order valence-corrected chi connectivity index (χ0v) is 10.1. The SMILES string of the molecule is CC(C)(C)c1ncc(C#N)c(-c2ccco2)n1. The Morgan fingerprint density at radius 2 is 2.12 bits per heavy atom. The molecule has 2 aromatic heterocycles. The highest BCUT2D eigenvalue weighted by atomic mass is 16.3. The van der Waals surface area contributed by atoms with Crippen molar-refractivity contribution in [2.75, 3.05) is 0 Å². The molecule has 0 unspecified atom stereocenters. The van der Waals surface area contributed by atoms with Gasteiger partial charge in [-0.3, -0.25) is 0 Å². The smallest absolute Gasteiger partial charge is 0.153 e. The van der Waals surface area contributed by atoms with Crippen LogP contribution in [0.4, 0.5) is 0 Å². The van der Waals surface area contributed by atoms with Gasteiger partial charge in [0.2, 0.25) is 0 Å². The normalized spacial score (nSPS) is 11.2. The topological polar surface area (TPSA) is 62.7 Å². The third-order valence-corrected chi connectivity index (χ3v) is 2.33. The fraction of sp³-hybridized carbons (Fsp3) is 0.308. The summed E-state index contributed by atoms with van der Waals surface area (Å²) in [7, 11) is 0. The second-order valence-electron chi connectivity index (χ2n) is 4.79. The van der Waals surface area contributed by atoms with E-state index in [0.717, 1.165) is 0 Å². The van der Waals surface area contributed by atoms with Gasteiger partial charge in [-0.2, -0.15) is 5.26 Å². The minimum absolute atomic E-state index is 0.157. The van der Waals surface area contributed by atoms with Gasteiger partial charge in [-0.15, -0.1) is 0 Å². The summed E-state index contributed by atoms with van der Waals surface area (Å²) in [5.74, 6) is 1.29. The fourth-order valence-electron chi connectivity index (χ4n) is 1.43. The van der Waals surface area contributed by atoms with Crippen molar-refractivity contribution in [1.82, 2.24) is 9.97 Å². The lowest BCUT2D eigenvalue weighted by molar-refractivity contribution is 0.540. The zero-order valence-electron chi connectivity index (χ0n) is 10.1. The number of hydrogen-bond donors (Lipinski definition) is 0. The van der Waals surface area contributed by atoms with E-state index in [1.165, 1.54) is 0 Å². The van der Waals surface area contributed by atoms with E-state index in [-0.39, 0.29) is 5.41 Å². The first kappa shape index (κ1) is 11.3. The van der Waals surface area contributed by atoms with Crippen LogP contribution in [0.3, 0.4) is 0 Å². The summed E-state index contributed by atoms with van der Waals surface area (Å²) in [6.45, 7) is 6.08. The molecule has 0 saturated carbocycles. The van der Waals surface area contributed by atoms with Crippen LogP contribution in [0, 0.1) is 11.3 Å². The molecule has 0 aliphatic rings. The number of nitrogens with zero attached hydrogens (tertiary/aromatic N) is 3. The average Bonchev–Trinajstić information content (AvgIpc) is 2.80. The zero-order chi connectivity index (χ0) is 12.5. The van der Waals surface area contributed by atoms with Crippen LogP contribution in [0.25, 0.3) is 11.5 Å². The van der Waals surface area contributed by atoms with Crippen molar-refractivity contribution < 1.29 is 4.42 Å². The van der Waals surface area contributed by atoms with E-state index >= 15 is 0 Å². The Labute approximate surface area is 99.9 Å². The predicted octanol–water partition coefficient (Wildman–Crippen LogP) is 2.91. The Morgan fingerprint density at radius 3 is 2.65 bits per heavy atom. The molecule has 0 N–H and O–H groups in total. The summed E-state index contributed by atoms with van der Waals surface area (Å²) in [6.07, 6.45) is 3.11. The van der Waals surface area contributed by atoms with Gasteiger partial charge in [0.1, 0.15) is 17.6 Å². The van der Waals surface area contributed by atoms with Crippen molar-refractivity contribution in [3.05, 3.63) is 36.0 Å². The maximum atomic E-state index is 9.04. The van der Waals surface area contributed by atoms with E-state index in [0.29, 0.717) is 22.8 Å². The van der Waals surface area contributed by atoms with Crippen LogP contribution in [-0.4, -0.2) is 9.97 Å². The molecule has 2 aromatic rings. The molecule has 17 heavy (non-hydrogen) atoms. The quantitative estimate of drug-likeness (QED) is 0.751. The number of furan rings is 1. The third-order valence-electron chi connectivity index (χ3n) is 2.33. The van der Waals surface area contributed by atoms with Gasteiger partial charge in [0.15, 0.2) is 5.76 Å². The lowest BCUT2D eigenvalue weighted by Crippen LogP contribution is -2.16. The summed E-state index contributed by atoms with van der Waals surface area (Å²) in [5.41, 5.74) is 0.820. The molecule has 2 heterocycles. The van der Waals surface area contributed by atoms with Gasteiger partial charge in [-0.1, -0.05) is 20.8 Å². The third kappa shape index (κ3) is 2.18. The molecule has 0 saturated heterocycles. The summed E-state index contributed by atoms with van der Waals surface area (Å²) in [4.78, 5) is 8.65. The standard InChI is InChI=1S/C13H13N3O/c1-13(2,3)12-15-8-9(7-14)11(16-12)10-5-4-6-17-10/h4-6,8H,1-3H3. The molecule has 0 aliphatic heterocycles. The molecule has 0 spiro atoms. The predicted molar refractivity (Wildman–Crippen MR) is 63.1 cm³/mol. The van der Waals surface area contributed by atoms with E-state index < -0.39 is 0 Å². The first-order chi connectivity index (χ1) is 8.02. The van der Waals surface area contributed by atoms with Crippen molar-refractivity contribution in [3.8, 4) is 17.5 Å². The van der Waals surface area contributed by atoms with Crippen LogP contribution in [0.2, 0.25) is 0 Å². The van der Waals surface area contributed by atoms with Crippen molar-refractivity contribution in [3.63, 3.8) is 0 Å². The van der Waals surface area contributed by atoms with Crippen molar-refractivity contribution in [2.24, 2.45) is 0 Å². The van der Waals surface area contributed by atoms with Crippen LogP contribution in [0.15, 0.2) is 29.0 Å². The second-order valence-corrected chi connectivity index (χ2v) is 4.79. The molecule has 0 amide bonds. The van der Waals surface area contributed by atoms with E-state index in [9.17, 15) is 0 Å². The van der Waals surface area contributed by atoms with Crippen molar-refractivity contribution >= 4 is 0 Å². The van der Waals surface area contributed by atoms with E-state index in [2.05, 4.69) is 16.0 Å². The maximum Gasteiger partial charge on any atom is 0.153 e. The Bertz CT molecular complexity index is 559. The van der Waals surface area contributed by atoms with Crippen molar-refractivity contribution in [1.29, 1.82) is 5.26 Å². The monoisotopic (exact) mass is 227 g/mol. The van der Waals surface area contributed by atoms with Gasteiger partial charge in [-0.05, 0) is 12.1 Å². The largest absolute Gasteiger partial charge is 0.463 e. The maximum absolute atomic E-state index is 9.04. The first-order valence-corrected chi connectivity index (χ1v) is 5.34. The number of aromatic nitrogens is 2. The lowest BCUT2D eigenvalue weighted by atomic mass is 9.95. The van der Waals surface area contributed by atoms with Crippen LogP contribution < -0.4 is 0 Å². The van der Waals surface area contributed by atoms with Crippen LogP contribution in [-0.2, 0) is 5.41 Å². The van der Waals surface area contributed by atoms with Gasteiger partial charge in [0.05, 0.1) is 11.8 Å². The Hall–Kier alpha value is -2.15. The number of nitriles is 1. The second kappa shape index (κ2) is 4.02. The Balaban J connectivity index is 2.61. The average molecular weight is 227 g/mol. The highest BCUT2D eigenvalue weighted by molar-refractivity contribution is 5.60. The van der Waals surface area contributed by atoms with Gasteiger partial charge in [-0.25, -0.2) is 9.97 Å². The minimum Gasteiger partial charge on any atom is -0.463 e. The summed E-state index contributed by atoms with van der Waals surface area (Å²) in [5, 5.41) is 9.04. The lowest BCUT2D eigenvalue weighted by Gasteiger charge is -2.16. The van der Waals surface area contributed by atoms with Gasteiger partial charge in [0, 0.05) is 11.6 Å².